The first-order chi connectivity index (χ1) is 9.36. The molecule has 0 radical (unpaired) electrons. The highest BCUT2D eigenvalue weighted by molar-refractivity contribution is 5.78. The van der Waals surface area contributed by atoms with Crippen molar-refractivity contribution in [1.29, 1.82) is 0 Å². The van der Waals surface area contributed by atoms with E-state index in [0.717, 1.165) is 31.7 Å². The van der Waals surface area contributed by atoms with E-state index in [1.54, 1.807) is 12.1 Å². The van der Waals surface area contributed by atoms with Crippen molar-refractivity contribution in [2.45, 2.75) is 32.7 Å². The summed E-state index contributed by atoms with van der Waals surface area (Å²) in [5.41, 5.74) is 0.894. The summed E-state index contributed by atoms with van der Waals surface area (Å²) in [6.45, 7) is 9.89. The molecule has 3 nitrogen and oxygen atoms in total. The molecule has 0 aliphatic carbocycles. The Morgan fingerprint density at radius 3 is 2.40 bits per heavy atom. The number of piperazine rings is 1. The number of hydrogen-bond acceptors (Lipinski definition) is 2. The second-order valence-corrected chi connectivity index (χ2v) is 6.35. The Hall–Kier alpha value is -1.42. The van der Waals surface area contributed by atoms with Gasteiger partial charge in [0.25, 0.3) is 0 Å². The van der Waals surface area contributed by atoms with E-state index >= 15 is 0 Å². The average Bonchev–Trinajstić information content (AvgIpc) is 2.38. The summed E-state index contributed by atoms with van der Waals surface area (Å²) in [4.78, 5) is 16.5. The SMILES string of the molecule is CC(C)(C)N1CCN(C(=O)Cc2cccc(F)c2)CC1. The lowest BCUT2D eigenvalue weighted by Gasteiger charge is -2.42. The van der Waals surface area contributed by atoms with E-state index in [4.69, 9.17) is 0 Å². The van der Waals surface area contributed by atoms with Gasteiger partial charge in [0.15, 0.2) is 0 Å². The fourth-order valence-corrected chi connectivity index (χ4v) is 2.56. The third-order valence-corrected chi connectivity index (χ3v) is 3.83. The highest BCUT2D eigenvalue weighted by Gasteiger charge is 2.27. The van der Waals surface area contributed by atoms with Crippen molar-refractivity contribution in [1.82, 2.24) is 9.80 Å². The van der Waals surface area contributed by atoms with Gasteiger partial charge in [0.1, 0.15) is 5.82 Å². The van der Waals surface area contributed by atoms with Crippen molar-refractivity contribution in [3.05, 3.63) is 35.6 Å². The van der Waals surface area contributed by atoms with Crippen LogP contribution in [0.2, 0.25) is 0 Å². The fourth-order valence-electron chi connectivity index (χ4n) is 2.56. The maximum Gasteiger partial charge on any atom is 0.227 e. The van der Waals surface area contributed by atoms with Crippen LogP contribution < -0.4 is 0 Å². The zero-order valence-corrected chi connectivity index (χ0v) is 12.5. The van der Waals surface area contributed by atoms with Gasteiger partial charge < -0.3 is 4.90 Å². The van der Waals surface area contributed by atoms with Crippen molar-refractivity contribution >= 4 is 5.91 Å². The van der Waals surface area contributed by atoms with Crippen molar-refractivity contribution < 1.29 is 9.18 Å². The van der Waals surface area contributed by atoms with Crippen molar-refractivity contribution in [2.75, 3.05) is 26.2 Å². The zero-order valence-electron chi connectivity index (χ0n) is 12.5. The monoisotopic (exact) mass is 278 g/mol. The van der Waals surface area contributed by atoms with Crippen LogP contribution in [0.3, 0.4) is 0 Å². The molecule has 0 bridgehead atoms. The normalized spacial score (nSPS) is 17.3. The van der Waals surface area contributed by atoms with E-state index in [2.05, 4.69) is 25.7 Å². The topological polar surface area (TPSA) is 23.6 Å². The molecular formula is C16H23FN2O. The first-order valence-corrected chi connectivity index (χ1v) is 7.13. The average molecular weight is 278 g/mol. The number of hydrogen-bond donors (Lipinski definition) is 0. The summed E-state index contributed by atoms with van der Waals surface area (Å²) in [5, 5.41) is 0. The lowest BCUT2D eigenvalue weighted by atomic mass is 10.0. The molecule has 0 aromatic heterocycles. The highest BCUT2D eigenvalue weighted by Crippen LogP contribution is 2.16. The molecule has 0 spiro atoms. The van der Waals surface area contributed by atoms with Crippen LogP contribution in [0.25, 0.3) is 0 Å². The Kier molecular flexibility index (Phi) is 4.43. The zero-order chi connectivity index (χ0) is 14.8. The van der Waals surface area contributed by atoms with Crippen LogP contribution >= 0.6 is 0 Å². The molecule has 110 valence electrons. The van der Waals surface area contributed by atoms with E-state index < -0.39 is 0 Å². The molecule has 1 saturated heterocycles. The third-order valence-electron chi connectivity index (χ3n) is 3.83. The van der Waals surface area contributed by atoms with E-state index in [-0.39, 0.29) is 23.7 Å². The molecule has 4 heteroatoms. The highest BCUT2D eigenvalue weighted by atomic mass is 19.1. The second-order valence-electron chi connectivity index (χ2n) is 6.35. The second kappa shape index (κ2) is 5.92. The minimum Gasteiger partial charge on any atom is -0.340 e. The molecule has 1 aliphatic heterocycles. The summed E-state index contributed by atoms with van der Waals surface area (Å²) < 4.78 is 13.1. The Morgan fingerprint density at radius 1 is 1.20 bits per heavy atom. The lowest BCUT2D eigenvalue weighted by Crippen LogP contribution is -2.54. The smallest absolute Gasteiger partial charge is 0.227 e. The van der Waals surface area contributed by atoms with Gasteiger partial charge in [-0.05, 0) is 38.5 Å². The predicted octanol–water partition coefficient (Wildman–Crippen LogP) is 2.31. The Balaban J connectivity index is 1.89. The van der Waals surface area contributed by atoms with Gasteiger partial charge in [-0.3, -0.25) is 9.69 Å². The molecule has 20 heavy (non-hydrogen) atoms. The molecule has 0 unspecified atom stereocenters. The van der Waals surface area contributed by atoms with Gasteiger partial charge in [0.05, 0.1) is 6.42 Å². The molecule has 1 aromatic rings. The van der Waals surface area contributed by atoms with E-state index in [9.17, 15) is 9.18 Å². The number of carbonyl (C=O) groups excluding carboxylic acids is 1. The fraction of sp³-hybridized carbons (Fsp3) is 0.562. The summed E-state index contributed by atoms with van der Waals surface area (Å²) in [6, 6.07) is 6.28. The summed E-state index contributed by atoms with van der Waals surface area (Å²) in [5.74, 6) is -0.197. The molecule has 1 heterocycles. The molecule has 0 N–H and O–H groups in total. The van der Waals surface area contributed by atoms with Crippen LogP contribution in [0.4, 0.5) is 4.39 Å². The molecule has 1 aliphatic rings. The van der Waals surface area contributed by atoms with Crippen molar-refractivity contribution in [2.24, 2.45) is 0 Å². The minimum absolute atomic E-state index is 0.0872. The molecule has 0 saturated carbocycles. The summed E-state index contributed by atoms with van der Waals surface area (Å²) >= 11 is 0. The van der Waals surface area contributed by atoms with Crippen LogP contribution in [-0.2, 0) is 11.2 Å². The van der Waals surface area contributed by atoms with Gasteiger partial charge in [-0.2, -0.15) is 0 Å². The molecular weight excluding hydrogens is 255 g/mol. The maximum atomic E-state index is 13.1. The van der Waals surface area contributed by atoms with Gasteiger partial charge in [-0.15, -0.1) is 0 Å². The molecule has 2 rings (SSSR count). The Bertz CT molecular complexity index is 474. The standard InChI is InChI=1S/C16H23FN2O/c1-16(2,3)19-9-7-18(8-10-19)15(20)12-13-5-4-6-14(17)11-13/h4-6,11H,7-10,12H2,1-3H3. The van der Waals surface area contributed by atoms with Gasteiger partial charge >= 0.3 is 0 Å². The number of halogens is 1. The van der Waals surface area contributed by atoms with E-state index in [1.807, 2.05) is 4.90 Å². The van der Waals surface area contributed by atoms with E-state index in [1.165, 1.54) is 12.1 Å². The summed E-state index contributed by atoms with van der Waals surface area (Å²) in [6.07, 6.45) is 0.285. The minimum atomic E-state index is -0.284. The van der Waals surface area contributed by atoms with Crippen LogP contribution in [0.1, 0.15) is 26.3 Å². The number of benzene rings is 1. The molecule has 0 atom stereocenters. The predicted molar refractivity (Wildman–Crippen MR) is 78.0 cm³/mol. The third kappa shape index (κ3) is 3.79. The Labute approximate surface area is 120 Å². The van der Waals surface area contributed by atoms with Crippen LogP contribution in [-0.4, -0.2) is 47.4 Å². The molecule has 1 fully saturated rings. The molecule has 1 amide bonds. The van der Waals surface area contributed by atoms with Crippen LogP contribution in [0, 0.1) is 5.82 Å². The lowest BCUT2D eigenvalue weighted by molar-refractivity contribution is -0.133. The van der Waals surface area contributed by atoms with Gasteiger partial charge in [0.2, 0.25) is 5.91 Å². The number of amides is 1. The quantitative estimate of drug-likeness (QED) is 0.829. The summed E-state index contributed by atoms with van der Waals surface area (Å²) in [7, 11) is 0. The van der Waals surface area contributed by atoms with Crippen molar-refractivity contribution in [3.63, 3.8) is 0 Å². The van der Waals surface area contributed by atoms with E-state index in [0.29, 0.717) is 0 Å². The van der Waals surface area contributed by atoms with Gasteiger partial charge in [0, 0.05) is 31.7 Å². The van der Waals surface area contributed by atoms with Crippen LogP contribution in [0.15, 0.2) is 24.3 Å². The molecule has 1 aromatic carbocycles. The first kappa shape index (κ1) is 15.0. The van der Waals surface area contributed by atoms with Gasteiger partial charge in [-0.1, -0.05) is 12.1 Å². The van der Waals surface area contributed by atoms with Crippen molar-refractivity contribution in [3.8, 4) is 0 Å². The van der Waals surface area contributed by atoms with Gasteiger partial charge in [-0.25, -0.2) is 4.39 Å². The van der Waals surface area contributed by atoms with Crippen LogP contribution in [0.5, 0.6) is 0 Å². The first-order valence-electron chi connectivity index (χ1n) is 7.13. The maximum absolute atomic E-state index is 13.1. The number of rotatable bonds is 2. The largest absolute Gasteiger partial charge is 0.340 e. The Morgan fingerprint density at radius 2 is 1.85 bits per heavy atom. The number of nitrogens with zero attached hydrogens (tertiary/aromatic N) is 2. The number of carbonyl (C=O) groups is 1.